The molecular formula is C12H12INO2. The van der Waals surface area contributed by atoms with Crippen molar-refractivity contribution in [3.8, 4) is 5.75 Å². The summed E-state index contributed by atoms with van der Waals surface area (Å²) in [5.41, 5.74) is 0.918. The lowest BCUT2D eigenvalue weighted by Gasteiger charge is -2.03. The molecule has 3 nitrogen and oxygen atoms in total. The minimum atomic E-state index is 0.370. The third-order valence-electron chi connectivity index (χ3n) is 2.23. The first kappa shape index (κ1) is 11.4. The van der Waals surface area contributed by atoms with E-state index in [1.54, 1.807) is 0 Å². The smallest absolute Gasteiger partial charge is 0.232 e. The quantitative estimate of drug-likeness (QED) is 0.809. The molecule has 0 bridgehead atoms. The molecule has 0 spiro atoms. The summed E-state index contributed by atoms with van der Waals surface area (Å²) in [5.74, 6) is 2.30. The lowest BCUT2D eigenvalue weighted by molar-refractivity contribution is 0.260. The van der Waals surface area contributed by atoms with E-state index in [-0.39, 0.29) is 0 Å². The molecule has 0 aliphatic carbocycles. The van der Waals surface area contributed by atoms with Crippen LogP contribution in [0.1, 0.15) is 17.3 Å². The number of aryl methyl sites for hydroxylation is 2. The van der Waals surface area contributed by atoms with Gasteiger partial charge in [-0.3, -0.25) is 0 Å². The molecule has 0 radical (unpaired) electrons. The molecular weight excluding hydrogens is 317 g/mol. The van der Waals surface area contributed by atoms with Crippen molar-refractivity contribution in [2.75, 3.05) is 0 Å². The Morgan fingerprint density at radius 2 is 2.19 bits per heavy atom. The van der Waals surface area contributed by atoms with Gasteiger partial charge < -0.3 is 9.15 Å². The van der Waals surface area contributed by atoms with E-state index in [2.05, 4.69) is 27.6 Å². The van der Waals surface area contributed by atoms with Crippen LogP contribution in [0.2, 0.25) is 0 Å². The van der Waals surface area contributed by atoms with Gasteiger partial charge in [0.05, 0.1) is 5.69 Å². The van der Waals surface area contributed by atoms with Crippen molar-refractivity contribution in [2.24, 2.45) is 0 Å². The Morgan fingerprint density at radius 3 is 2.81 bits per heavy atom. The molecule has 0 amide bonds. The van der Waals surface area contributed by atoms with Gasteiger partial charge in [0.15, 0.2) is 6.61 Å². The van der Waals surface area contributed by atoms with Crippen LogP contribution in [0.3, 0.4) is 0 Å². The van der Waals surface area contributed by atoms with Gasteiger partial charge in [-0.15, -0.1) is 0 Å². The number of aromatic nitrogens is 1. The average Bonchev–Trinajstić information content (AvgIpc) is 2.56. The molecule has 0 saturated heterocycles. The molecule has 2 rings (SSSR count). The number of hydrogen-bond donors (Lipinski definition) is 0. The summed E-state index contributed by atoms with van der Waals surface area (Å²) in [4.78, 5) is 4.25. The molecule has 0 atom stereocenters. The first-order valence-electron chi connectivity index (χ1n) is 4.96. The second-order valence-corrected chi connectivity index (χ2v) is 4.74. The Kier molecular flexibility index (Phi) is 3.48. The minimum absolute atomic E-state index is 0.370. The van der Waals surface area contributed by atoms with Crippen molar-refractivity contribution in [1.82, 2.24) is 4.98 Å². The molecule has 0 N–H and O–H groups in total. The highest BCUT2D eigenvalue weighted by molar-refractivity contribution is 14.1. The van der Waals surface area contributed by atoms with Crippen LogP contribution in [0.4, 0.5) is 0 Å². The maximum absolute atomic E-state index is 5.58. The summed E-state index contributed by atoms with van der Waals surface area (Å²) in [6.45, 7) is 4.19. The summed E-state index contributed by atoms with van der Waals surface area (Å²) in [6.07, 6.45) is 0. The van der Waals surface area contributed by atoms with Crippen LogP contribution in [0.5, 0.6) is 5.75 Å². The van der Waals surface area contributed by atoms with E-state index in [9.17, 15) is 0 Å². The van der Waals surface area contributed by atoms with Gasteiger partial charge in [-0.1, -0.05) is 6.07 Å². The number of oxazole rings is 1. The van der Waals surface area contributed by atoms with Crippen molar-refractivity contribution in [3.05, 3.63) is 45.2 Å². The standard InChI is InChI=1S/C12H12INO2/c1-8-9(2)16-12(14-8)7-15-11-5-3-4-10(13)6-11/h3-6H,7H2,1-2H3. The van der Waals surface area contributed by atoms with E-state index in [1.165, 1.54) is 0 Å². The highest BCUT2D eigenvalue weighted by atomic mass is 127. The minimum Gasteiger partial charge on any atom is -0.484 e. The number of ether oxygens (including phenoxy) is 1. The van der Waals surface area contributed by atoms with Crippen molar-refractivity contribution in [2.45, 2.75) is 20.5 Å². The lowest BCUT2D eigenvalue weighted by atomic mass is 10.3. The van der Waals surface area contributed by atoms with Gasteiger partial charge in [0, 0.05) is 3.57 Å². The predicted octanol–water partition coefficient (Wildman–Crippen LogP) is 3.48. The fourth-order valence-corrected chi connectivity index (χ4v) is 1.82. The molecule has 16 heavy (non-hydrogen) atoms. The number of rotatable bonds is 3. The van der Waals surface area contributed by atoms with E-state index in [4.69, 9.17) is 9.15 Å². The van der Waals surface area contributed by atoms with Gasteiger partial charge in [0.2, 0.25) is 5.89 Å². The van der Waals surface area contributed by atoms with Crippen molar-refractivity contribution in [3.63, 3.8) is 0 Å². The van der Waals surface area contributed by atoms with Gasteiger partial charge in [0.1, 0.15) is 11.5 Å². The highest BCUT2D eigenvalue weighted by Gasteiger charge is 2.05. The summed E-state index contributed by atoms with van der Waals surface area (Å²) in [5, 5.41) is 0. The number of nitrogens with zero attached hydrogens (tertiary/aromatic N) is 1. The Balaban J connectivity index is 2.02. The summed E-state index contributed by atoms with van der Waals surface area (Å²) >= 11 is 2.25. The topological polar surface area (TPSA) is 35.3 Å². The van der Waals surface area contributed by atoms with E-state index >= 15 is 0 Å². The molecule has 84 valence electrons. The molecule has 0 aliphatic rings. The van der Waals surface area contributed by atoms with Crippen LogP contribution >= 0.6 is 22.6 Å². The van der Waals surface area contributed by atoms with Gasteiger partial charge in [-0.2, -0.15) is 0 Å². The predicted molar refractivity (Wildman–Crippen MR) is 69.5 cm³/mol. The average molecular weight is 329 g/mol. The zero-order chi connectivity index (χ0) is 11.5. The Morgan fingerprint density at radius 1 is 1.38 bits per heavy atom. The molecule has 1 aromatic carbocycles. The first-order chi connectivity index (χ1) is 7.65. The first-order valence-corrected chi connectivity index (χ1v) is 6.04. The molecule has 0 fully saturated rings. The van der Waals surface area contributed by atoms with Crippen molar-refractivity contribution >= 4 is 22.6 Å². The summed E-state index contributed by atoms with van der Waals surface area (Å²) < 4.78 is 12.2. The molecule has 2 aromatic rings. The van der Waals surface area contributed by atoms with Crippen LogP contribution in [0, 0.1) is 17.4 Å². The molecule has 0 aliphatic heterocycles. The van der Waals surface area contributed by atoms with Crippen LogP contribution < -0.4 is 4.74 Å². The van der Waals surface area contributed by atoms with Crippen LogP contribution in [0.25, 0.3) is 0 Å². The van der Waals surface area contributed by atoms with E-state index in [1.807, 2.05) is 38.1 Å². The Labute approximate surface area is 108 Å². The van der Waals surface area contributed by atoms with Crippen LogP contribution in [-0.2, 0) is 6.61 Å². The summed E-state index contributed by atoms with van der Waals surface area (Å²) in [6, 6.07) is 7.88. The lowest BCUT2D eigenvalue weighted by Crippen LogP contribution is -1.95. The molecule has 1 heterocycles. The van der Waals surface area contributed by atoms with Crippen molar-refractivity contribution in [1.29, 1.82) is 0 Å². The number of hydrogen-bond acceptors (Lipinski definition) is 3. The summed E-state index contributed by atoms with van der Waals surface area (Å²) in [7, 11) is 0. The van der Waals surface area contributed by atoms with Gasteiger partial charge >= 0.3 is 0 Å². The Hall–Kier alpha value is -1.04. The Bertz CT molecular complexity index is 474. The van der Waals surface area contributed by atoms with Gasteiger partial charge in [-0.25, -0.2) is 4.98 Å². The third kappa shape index (κ3) is 2.75. The van der Waals surface area contributed by atoms with E-state index < -0.39 is 0 Å². The number of benzene rings is 1. The fourth-order valence-electron chi connectivity index (χ4n) is 1.30. The van der Waals surface area contributed by atoms with E-state index in [0.717, 1.165) is 20.8 Å². The molecule has 0 unspecified atom stereocenters. The van der Waals surface area contributed by atoms with E-state index in [0.29, 0.717) is 12.5 Å². The maximum Gasteiger partial charge on any atom is 0.232 e. The van der Waals surface area contributed by atoms with Crippen molar-refractivity contribution < 1.29 is 9.15 Å². The largest absolute Gasteiger partial charge is 0.484 e. The zero-order valence-corrected chi connectivity index (χ0v) is 11.3. The molecule has 4 heteroatoms. The normalized spacial score (nSPS) is 10.4. The SMILES string of the molecule is Cc1nc(COc2cccc(I)c2)oc1C. The number of halogens is 1. The molecule has 1 aromatic heterocycles. The van der Waals surface area contributed by atoms with Crippen LogP contribution in [0.15, 0.2) is 28.7 Å². The highest BCUT2D eigenvalue weighted by Crippen LogP contribution is 2.17. The monoisotopic (exact) mass is 329 g/mol. The molecule has 0 saturated carbocycles. The second-order valence-electron chi connectivity index (χ2n) is 3.50. The van der Waals surface area contributed by atoms with Gasteiger partial charge in [-0.05, 0) is 54.6 Å². The van der Waals surface area contributed by atoms with Gasteiger partial charge in [0.25, 0.3) is 0 Å². The second kappa shape index (κ2) is 4.86. The zero-order valence-electron chi connectivity index (χ0n) is 9.16. The fraction of sp³-hybridized carbons (Fsp3) is 0.250. The maximum atomic E-state index is 5.58. The van der Waals surface area contributed by atoms with Crippen LogP contribution in [-0.4, -0.2) is 4.98 Å². The third-order valence-corrected chi connectivity index (χ3v) is 2.90.